The predicted molar refractivity (Wildman–Crippen MR) is 276 cm³/mol. The van der Waals surface area contributed by atoms with Gasteiger partial charge in [0.15, 0.2) is 0 Å². The maximum absolute atomic E-state index is 13.4. The van der Waals surface area contributed by atoms with Crippen LogP contribution in [0.2, 0.25) is 20.1 Å². The highest BCUT2D eigenvalue weighted by Crippen LogP contribution is 2.42. The van der Waals surface area contributed by atoms with Crippen LogP contribution in [-0.2, 0) is 41.5 Å². The minimum absolute atomic E-state index is 0.0854. The third-order valence-corrected chi connectivity index (χ3v) is 14.3. The molecule has 2 aliphatic rings. The molecule has 376 valence electrons. The van der Waals surface area contributed by atoms with Gasteiger partial charge in [-0.3, -0.25) is 19.2 Å². The first-order chi connectivity index (χ1) is 33.4. The molecule has 2 saturated carbocycles. The van der Waals surface area contributed by atoms with Gasteiger partial charge in [0, 0.05) is 24.2 Å². The quantitative estimate of drug-likeness (QED) is 0.0565. The zero-order valence-electron chi connectivity index (χ0n) is 39.9. The molecule has 0 heterocycles. The number of carbonyl (C=O) groups is 6. The summed E-state index contributed by atoms with van der Waals surface area (Å²) in [4.78, 5) is 78.7. The molecule has 4 aromatic rings. The molecule has 0 unspecified atom stereocenters. The number of ether oxygens (including phenoxy) is 2. The van der Waals surface area contributed by atoms with Crippen molar-refractivity contribution in [1.29, 1.82) is 0 Å². The lowest BCUT2D eigenvalue weighted by Crippen LogP contribution is -2.49. The highest BCUT2D eigenvalue weighted by molar-refractivity contribution is 6.41. The summed E-state index contributed by atoms with van der Waals surface area (Å²) in [6.07, 6.45) is 9.03. The minimum atomic E-state index is -0.824. The number of nitrogens with two attached hydrogens (primary N) is 1. The van der Waals surface area contributed by atoms with Crippen LogP contribution < -0.4 is 27.0 Å². The van der Waals surface area contributed by atoms with Crippen LogP contribution in [-0.4, -0.2) is 94.0 Å². The van der Waals surface area contributed by atoms with Crippen molar-refractivity contribution in [3.8, 4) is 0 Å². The van der Waals surface area contributed by atoms with E-state index in [9.17, 15) is 28.8 Å². The highest BCUT2D eigenvalue weighted by Gasteiger charge is 2.43. The average Bonchev–Trinajstić information content (AvgIpc) is 4.03. The monoisotopic (exact) mass is 1040 g/mol. The molecule has 6 N–H and O–H groups in total. The third kappa shape index (κ3) is 14.9. The lowest BCUT2D eigenvalue weighted by molar-refractivity contribution is -0.147. The van der Waals surface area contributed by atoms with Gasteiger partial charge in [0.2, 0.25) is 11.8 Å². The van der Waals surface area contributed by atoms with E-state index in [-0.39, 0.29) is 55.9 Å². The topological polar surface area (TPSA) is 198 Å². The van der Waals surface area contributed by atoms with Crippen molar-refractivity contribution < 1.29 is 38.2 Å². The van der Waals surface area contributed by atoms with E-state index in [2.05, 4.69) is 26.2 Å². The normalized spacial score (nSPS) is 15.4. The van der Waals surface area contributed by atoms with Crippen LogP contribution >= 0.6 is 46.4 Å². The van der Waals surface area contributed by atoms with Gasteiger partial charge < -0.3 is 41.4 Å². The first kappa shape index (κ1) is 55.7. The Bertz CT molecular complexity index is 2420. The number of anilines is 2. The summed E-state index contributed by atoms with van der Waals surface area (Å²) in [6.45, 7) is 1.23. The summed E-state index contributed by atoms with van der Waals surface area (Å²) in [6, 6.07) is 22.1. The van der Waals surface area contributed by atoms with Crippen molar-refractivity contribution in [1.82, 2.24) is 15.5 Å². The van der Waals surface area contributed by atoms with Gasteiger partial charge in [-0.1, -0.05) is 108 Å². The predicted octanol–water partition coefficient (Wildman–Crippen LogP) is 9.31. The van der Waals surface area contributed by atoms with Gasteiger partial charge in [-0.05, 0) is 125 Å². The second-order valence-corrected chi connectivity index (χ2v) is 19.7. The van der Waals surface area contributed by atoms with Crippen molar-refractivity contribution in [2.75, 3.05) is 52.0 Å². The average molecular weight is 1040 g/mol. The second-order valence-electron chi connectivity index (χ2n) is 18.1. The lowest BCUT2D eigenvalue weighted by atomic mass is 9.81. The molecule has 0 aliphatic heterocycles. The molecule has 6 rings (SSSR count). The van der Waals surface area contributed by atoms with Crippen LogP contribution in [0.3, 0.4) is 0 Å². The lowest BCUT2D eigenvalue weighted by Gasteiger charge is -2.31. The second kappa shape index (κ2) is 26.3. The van der Waals surface area contributed by atoms with E-state index in [0.717, 1.165) is 75.5 Å². The van der Waals surface area contributed by atoms with Crippen LogP contribution in [0.4, 0.5) is 11.4 Å². The maximum Gasteiger partial charge on any atom is 0.328 e. The van der Waals surface area contributed by atoms with Crippen molar-refractivity contribution in [3.05, 3.63) is 127 Å². The number of benzene rings is 4. The highest BCUT2D eigenvalue weighted by atomic mass is 35.5. The molecule has 0 aromatic heterocycles. The molecular formula is C52H62Cl4N6O8. The van der Waals surface area contributed by atoms with Crippen LogP contribution in [0.5, 0.6) is 0 Å². The number of hydrogen-bond donors (Lipinski definition) is 5. The summed E-state index contributed by atoms with van der Waals surface area (Å²) < 4.78 is 9.91. The van der Waals surface area contributed by atoms with Gasteiger partial charge in [0.1, 0.15) is 12.1 Å². The summed E-state index contributed by atoms with van der Waals surface area (Å²) in [5.41, 5.74) is 7.88. The molecule has 0 radical (unpaired) electrons. The van der Waals surface area contributed by atoms with Gasteiger partial charge >= 0.3 is 11.9 Å². The van der Waals surface area contributed by atoms with E-state index in [4.69, 9.17) is 61.6 Å². The number of esters is 2. The van der Waals surface area contributed by atoms with Gasteiger partial charge in [-0.2, -0.15) is 0 Å². The van der Waals surface area contributed by atoms with Gasteiger partial charge in [-0.15, -0.1) is 0 Å². The Morgan fingerprint density at radius 2 is 0.914 bits per heavy atom. The molecule has 70 heavy (non-hydrogen) atoms. The Hall–Kier alpha value is -5.22. The fourth-order valence-corrected chi connectivity index (χ4v) is 10.2. The van der Waals surface area contributed by atoms with Crippen molar-refractivity contribution in [2.24, 2.45) is 16.6 Å². The summed E-state index contributed by atoms with van der Waals surface area (Å²) >= 11 is 24.5. The number of halogens is 4. The smallest absolute Gasteiger partial charge is 0.328 e. The zero-order chi connectivity index (χ0) is 51.0. The van der Waals surface area contributed by atoms with Gasteiger partial charge in [-0.25, -0.2) is 9.59 Å². The molecule has 4 aromatic carbocycles. The minimum Gasteiger partial charge on any atom is -0.467 e. The molecule has 4 amide bonds. The SMILES string of the molecule is COC(=O)[C@H](Cc1ccc(NC(=O)c2c(Cl)cccc2Cl)cc1)NC(=O)C1(CCN(C)C)CCCC1.COC(=O)[C@H](Cc1ccc(NC(=O)c2c(Cl)cccc2Cl)cc1)NC(=O)C1(CCN)CCCC1. The molecule has 0 spiro atoms. The molecule has 2 aliphatic carbocycles. The van der Waals surface area contributed by atoms with E-state index in [1.165, 1.54) is 14.2 Å². The Morgan fingerprint density at radius 3 is 1.23 bits per heavy atom. The summed E-state index contributed by atoms with van der Waals surface area (Å²) in [5, 5.41) is 12.4. The fraction of sp³-hybridized carbons (Fsp3) is 0.423. The van der Waals surface area contributed by atoms with Crippen LogP contribution in [0, 0.1) is 10.8 Å². The first-order valence-corrected chi connectivity index (χ1v) is 24.8. The Kier molecular flexibility index (Phi) is 20.9. The molecule has 2 atom stereocenters. The van der Waals surface area contributed by atoms with Crippen molar-refractivity contribution >= 4 is 93.3 Å². The summed E-state index contributed by atoms with van der Waals surface area (Å²) in [5.74, 6) is -2.08. The molecule has 0 saturated heterocycles. The number of hydrogen-bond acceptors (Lipinski definition) is 10. The van der Waals surface area contributed by atoms with Gasteiger partial charge in [0.25, 0.3) is 11.8 Å². The Balaban J connectivity index is 0.000000261. The number of rotatable bonds is 19. The van der Waals surface area contributed by atoms with E-state index in [1.54, 1.807) is 84.9 Å². The molecule has 18 heteroatoms. The maximum atomic E-state index is 13.4. The van der Waals surface area contributed by atoms with E-state index in [1.807, 2.05) is 14.1 Å². The largest absolute Gasteiger partial charge is 0.467 e. The van der Waals surface area contributed by atoms with Crippen molar-refractivity contribution in [2.45, 2.75) is 89.1 Å². The Labute approximate surface area is 430 Å². The van der Waals surface area contributed by atoms with E-state index < -0.39 is 46.7 Å². The molecule has 0 bridgehead atoms. The zero-order valence-corrected chi connectivity index (χ0v) is 43.0. The van der Waals surface area contributed by atoms with E-state index >= 15 is 0 Å². The Morgan fingerprint density at radius 1 is 0.571 bits per heavy atom. The number of amides is 4. The fourth-order valence-electron chi connectivity index (χ4n) is 9.03. The van der Waals surface area contributed by atoms with Crippen LogP contribution in [0.1, 0.15) is 96.1 Å². The molecule has 14 nitrogen and oxygen atoms in total. The van der Waals surface area contributed by atoms with Crippen LogP contribution in [0.15, 0.2) is 84.9 Å². The van der Waals surface area contributed by atoms with E-state index in [0.29, 0.717) is 24.3 Å². The third-order valence-electron chi connectivity index (χ3n) is 13.0. The van der Waals surface area contributed by atoms with Gasteiger partial charge in [0.05, 0.1) is 56.3 Å². The first-order valence-electron chi connectivity index (χ1n) is 23.3. The molecule has 2 fully saturated rings. The summed E-state index contributed by atoms with van der Waals surface area (Å²) in [7, 11) is 6.60. The molecular weight excluding hydrogens is 978 g/mol. The standard InChI is InChI=1S/C27H33Cl2N3O4.C25H29Cl2N3O4/c1-32(2)16-15-27(13-4-5-14-27)26(35)31-22(25(34)36-3)17-18-9-11-19(12-10-18)30-24(33)23-20(28)7-6-8-21(23)29;1-34-23(32)20(30-24(33)25(13-14-28)11-2-3-12-25)15-16-7-9-17(10-8-16)29-22(31)21-18(26)5-4-6-19(21)27/h6-12,22H,4-5,13-17H2,1-3H3,(H,30,33)(H,31,35);4-10,20H,2-3,11-15,28H2,1H3,(H,29,31)(H,30,33)/t22-;20-/m00/s1. The number of nitrogens with one attached hydrogen (secondary N) is 4. The number of nitrogens with zero attached hydrogens (tertiary/aromatic N) is 1. The van der Waals surface area contributed by atoms with Crippen LogP contribution in [0.25, 0.3) is 0 Å². The van der Waals surface area contributed by atoms with Crippen molar-refractivity contribution in [3.63, 3.8) is 0 Å². The number of carbonyl (C=O) groups excluding carboxylic acids is 6. The number of methoxy groups -OCH3 is 2.